The Bertz CT molecular complexity index is 1200. The molecule has 1 aromatic carbocycles. The molecule has 0 saturated heterocycles. The van der Waals surface area contributed by atoms with Crippen molar-refractivity contribution in [1.29, 1.82) is 0 Å². The number of aromatic nitrogens is 3. The second-order valence-corrected chi connectivity index (χ2v) is 9.45. The quantitative estimate of drug-likeness (QED) is 0.449. The van der Waals surface area contributed by atoms with Crippen LogP contribution < -0.4 is 10.2 Å². The molecule has 194 valence electrons. The maximum Gasteiger partial charge on any atom is 0.248 e. The van der Waals surface area contributed by atoms with Gasteiger partial charge in [-0.25, -0.2) is 15.0 Å². The summed E-state index contributed by atoms with van der Waals surface area (Å²) >= 11 is 6.00. The zero-order chi connectivity index (χ0) is 26.4. The minimum absolute atomic E-state index is 0.0535. The summed E-state index contributed by atoms with van der Waals surface area (Å²) in [5.41, 5.74) is 1.68. The fourth-order valence-electron chi connectivity index (χ4n) is 4.71. The molecule has 0 bridgehead atoms. The highest BCUT2D eigenvalue weighted by Crippen LogP contribution is 2.31. The minimum Gasteiger partial charge on any atom is -0.444 e. The molecule has 0 spiro atoms. The van der Waals surface area contributed by atoms with Gasteiger partial charge < -0.3 is 14.6 Å². The van der Waals surface area contributed by atoms with E-state index >= 15 is 0 Å². The smallest absolute Gasteiger partial charge is 0.248 e. The number of oxazole rings is 1. The lowest BCUT2D eigenvalue weighted by atomic mass is 9.84. The standard InChI is InChI=1S/C26H29ClN6O4/c1-32(2)26(36)18-4-3-5-20(10-18)31-25(35)24(19-12-28-15-29-13-19)33(23(34)11-27)21-8-6-17(7-9-21)22-14-30-16-37-22/h6-9,12-16,18,20,24H,3-5,10-11H2,1-2H3,(H,31,35). The number of amides is 3. The van der Waals surface area contributed by atoms with Crippen molar-refractivity contribution in [2.45, 2.75) is 37.8 Å². The molecule has 1 saturated carbocycles. The van der Waals surface area contributed by atoms with Crippen LogP contribution in [0.25, 0.3) is 11.3 Å². The van der Waals surface area contributed by atoms with Crippen LogP contribution in [0.2, 0.25) is 0 Å². The summed E-state index contributed by atoms with van der Waals surface area (Å²) in [5.74, 6) is -0.705. The van der Waals surface area contributed by atoms with E-state index in [0.29, 0.717) is 23.4 Å². The van der Waals surface area contributed by atoms with Crippen LogP contribution in [-0.4, -0.2) is 63.6 Å². The summed E-state index contributed by atoms with van der Waals surface area (Å²) in [6.45, 7) is 0. The fraction of sp³-hybridized carbons (Fsp3) is 0.385. The van der Waals surface area contributed by atoms with E-state index in [9.17, 15) is 14.4 Å². The van der Waals surface area contributed by atoms with Crippen molar-refractivity contribution in [1.82, 2.24) is 25.2 Å². The first-order valence-corrected chi connectivity index (χ1v) is 12.6. The van der Waals surface area contributed by atoms with Gasteiger partial charge in [-0.3, -0.25) is 19.3 Å². The first-order valence-electron chi connectivity index (χ1n) is 12.0. The summed E-state index contributed by atoms with van der Waals surface area (Å²) in [7, 11) is 3.47. The van der Waals surface area contributed by atoms with Crippen molar-refractivity contribution in [3.63, 3.8) is 0 Å². The molecule has 2 aromatic heterocycles. The van der Waals surface area contributed by atoms with Gasteiger partial charge in [-0.05, 0) is 43.5 Å². The molecular weight excluding hydrogens is 496 g/mol. The zero-order valence-corrected chi connectivity index (χ0v) is 21.5. The molecule has 3 atom stereocenters. The topological polar surface area (TPSA) is 122 Å². The van der Waals surface area contributed by atoms with E-state index in [1.54, 1.807) is 49.5 Å². The summed E-state index contributed by atoms with van der Waals surface area (Å²) in [4.78, 5) is 54.5. The predicted octanol–water partition coefficient (Wildman–Crippen LogP) is 3.21. The van der Waals surface area contributed by atoms with Crippen LogP contribution in [-0.2, 0) is 14.4 Å². The van der Waals surface area contributed by atoms with E-state index in [0.717, 1.165) is 24.8 Å². The van der Waals surface area contributed by atoms with E-state index in [1.165, 1.54) is 30.0 Å². The molecule has 0 radical (unpaired) electrons. The largest absolute Gasteiger partial charge is 0.444 e. The van der Waals surface area contributed by atoms with Gasteiger partial charge in [0.1, 0.15) is 18.2 Å². The fourth-order valence-corrected chi connectivity index (χ4v) is 4.83. The van der Waals surface area contributed by atoms with Crippen molar-refractivity contribution in [2.75, 3.05) is 24.9 Å². The number of carbonyl (C=O) groups excluding carboxylic acids is 3. The Labute approximate surface area is 220 Å². The maximum absolute atomic E-state index is 13.8. The van der Waals surface area contributed by atoms with E-state index in [1.807, 2.05) is 0 Å². The molecule has 1 N–H and O–H groups in total. The monoisotopic (exact) mass is 524 g/mol. The number of alkyl halides is 1. The Morgan fingerprint density at radius 1 is 1.08 bits per heavy atom. The van der Waals surface area contributed by atoms with Gasteiger partial charge in [0.15, 0.2) is 12.2 Å². The number of halogens is 1. The summed E-state index contributed by atoms with van der Waals surface area (Å²) in [6.07, 6.45) is 10.2. The normalized spacial score (nSPS) is 18.0. The number of benzene rings is 1. The summed E-state index contributed by atoms with van der Waals surface area (Å²) in [6, 6.07) is 5.73. The molecule has 1 aliphatic carbocycles. The van der Waals surface area contributed by atoms with Gasteiger partial charge >= 0.3 is 0 Å². The molecule has 1 aliphatic rings. The molecule has 4 rings (SSSR count). The Hall–Kier alpha value is -3.79. The third-order valence-electron chi connectivity index (χ3n) is 6.46. The van der Waals surface area contributed by atoms with Crippen LogP contribution >= 0.6 is 11.6 Å². The first kappa shape index (κ1) is 26.3. The molecule has 0 aliphatic heterocycles. The first-order chi connectivity index (χ1) is 17.9. The van der Waals surface area contributed by atoms with E-state index < -0.39 is 17.9 Å². The Morgan fingerprint density at radius 2 is 1.81 bits per heavy atom. The Kier molecular flexibility index (Phi) is 8.50. The van der Waals surface area contributed by atoms with Crippen molar-refractivity contribution >= 4 is 35.0 Å². The average molecular weight is 525 g/mol. The van der Waals surface area contributed by atoms with Crippen LogP contribution in [0, 0.1) is 5.92 Å². The second kappa shape index (κ2) is 12.0. The van der Waals surface area contributed by atoms with Crippen molar-refractivity contribution < 1.29 is 18.8 Å². The van der Waals surface area contributed by atoms with E-state index in [-0.39, 0.29) is 23.7 Å². The molecule has 3 amide bonds. The minimum atomic E-state index is -1.06. The second-order valence-electron chi connectivity index (χ2n) is 9.19. The number of nitrogens with zero attached hydrogens (tertiary/aromatic N) is 5. The highest BCUT2D eigenvalue weighted by atomic mass is 35.5. The number of anilines is 1. The third kappa shape index (κ3) is 6.14. The molecule has 37 heavy (non-hydrogen) atoms. The molecule has 1 fully saturated rings. The van der Waals surface area contributed by atoms with Gasteiger partial charge in [-0.1, -0.05) is 6.42 Å². The highest BCUT2D eigenvalue weighted by Gasteiger charge is 2.36. The molecular formula is C26H29ClN6O4. The van der Waals surface area contributed by atoms with Gasteiger partial charge in [0.2, 0.25) is 17.7 Å². The molecule has 11 heteroatoms. The molecule has 3 aromatic rings. The predicted molar refractivity (Wildman–Crippen MR) is 138 cm³/mol. The Balaban J connectivity index is 1.64. The van der Waals surface area contributed by atoms with Gasteiger partial charge in [0.05, 0.1) is 6.20 Å². The van der Waals surface area contributed by atoms with Gasteiger partial charge in [0.25, 0.3) is 0 Å². The number of hydrogen-bond donors (Lipinski definition) is 1. The van der Waals surface area contributed by atoms with Crippen LogP contribution in [0.15, 0.2) is 60.0 Å². The summed E-state index contributed by atoms with van der Waals surface area (Å²) < 4.78 is 5.35. The molecule has 2 heterocycles. The summed E-state index contributed by atoms with van der Waals surface area (Å²) in [5, 5.41) is 3.08. The third-order valence-corrected chi connectivity index (χ3v) is 6.69. The number of hydrogen-bond acceptors (Lipinski definition) is 7. The average Bonchev–Trinajstić information content (AvgIpc) is 3.46. The number of carbonyl (C=O) groups is 3. The van der Waals surface area contributed by atoms with Crippen LogP contribution in [0.3, 0.4) is 0 Å². The van der Waals surface area contributed by atoms with Crippen molar-refractivity contribution in [2.24, 2.45) is 5.92 Å². The lowest BCUT2D eigenvalue weighted by Crippen LogP contribution is -2.49. The van der Waals surface area contributed by atoms with Crippen molar-refractivity contribution in [3.05, 3.63) is 61.1 Å². The molecule has 3 unspecified atom stereocenters. The van der Waals surface area contributed by atoms with E-state index in [4.69, 9.17) is 16.0 Å². The SMILES string of the molecule is CN(C)C(=O)C1CCCC(NC(=O)C(c2cncnc2)N(C(=O)CCl)c2ccc(-c3cnco3)cc2)C1. The molecule has 10 nitrogen and oxygen atoms in total. The van der Waals surface area contributed by atoms with Crippen LogP contribution in [0.5, 0.6) is 0 Å². The van der Waals surface area contributed by atoms with E-state index in [2.05, 4.69) is 20.3 Å². The van der Waals surface area contributed by atoms with Crippen molar-refractivity contribution in [3.8, 4) is 11.3 Å². The lowest BCUT2D eigenvalue weighted by molar-refractivity contribution is -0.135. The Morgan fingerprint density at radius 3 is 2.43 bits per heavy atom. The van der Waals surface area contributed by atoms with Gasteiger partial charge in [-0.2, -0.15) is 0 Å². The van der Waals surface area contributed by atoms with Crippen LogP contribution in [0.1, 0.15) is 37.3 Å². The van der Waals surface area contributed by atoms with Crippen LogP contribution in [0.4, 0.5) is 5.69 Å². The lowest BCUT2D eigenvalue weighted by Gasteiger charge is -2.34. The van der Waals surface area contributed by atoms with Gasteiger partial charge in [0, 0.05) is 55.3 Å². The highest BCUT2D eigenvalue weighted by molar-refractivity contribution is 6.29. The number of rotatable bonds is 8. The zero-order valence-electron chi connectivity index (χ0n) is 20.7. The maximum atomic E-state index is 13.8. The number of nitrogens with one attached hydrogen (secondary N) is 1. The van der Waals surface area contributed by atoms with Gasteiger partial charge in [-0.15, -0.1) is 11.6 Å².